The molecule has 0 unspecified atom stereocenters. The van der Waals surface area contributed by atoms with Crippen LogP contribution in [0.1, 0.15) is 36.9 Å². The fourth-order valence-corrected chi connectivity index (χ4v) is 4.95. The highest BCUT2D eigenvalue weighted by molar-refractivity contribution is 7.99. The van der Waals surface area contributed by atoms with E-state index in [1.54, 1.807) is 10.7 Å². The molecule has 0 saturated heterocycles. The molecule has 0 bridgehead atoms. The predicted molar refractivity (Wildman–Crippen MR) is 98.8 cm³/mol. The minimum atomic E-state index is -0.969. The van der Waals surface area contributed by atoms with Gasteiger partial charge in [0.15, 0.2) is 0 Å². The summed E-state index contributed by atoms with van der Waals surface area (Å²) in [7, 11) is 0. The first kappa shape index (κ1) is 16.8. The van der Waals surface area contributed by atoms with Gasteiger partial charge in [0.1, 0.15) is 11.6 Å². The summed E-state index contributed by atoms with van der Waals surface area (Å²) < 4.78 is 3.20. The summed E-state index contributed by atoms with van der Waals surface area (Å²) in [5.41, 5.74) is 3.31. The van der Waals surface area contributed by atoms with E-state index in [2.05, 4.69) is 24.2 Å². The summed E-state index contributed by atoms with van der Waals surface area (Å²) in [4.78, 5) is 24.1. The fraction of sp³-hybridized carbons (Fsp3) is 0.333. The van der Waals surface area contributed by atoms with Crippen LogP contribution in [0.3, 0.4) is 0 Å². The van der Waals surface area contributed by atoms with Crippen LogP contribution < -0.4 is 5.56 Å². The lowest BCUT2D eigenvalue weighted by Crippen LogP contribution is -2.30. The minimum Gasteiger partial charge on any atom is -0.480 e. The average molecular weight is 370 g/mol. The van der Waals surface area contributed by atoms with Gasteiger partial charge in [-0.25, -0.2) is 9.48 Å². The lowest BCUT2D eigenvalue weighted by Gasteiger charge is -2.19. The number of carboxylic acid groups (broad SMARTS) is 1. The van der Waals surface area contributed by atoms with E-state index in [1.807, 2.05) is 24.3 Å². The minimum absolute atomic E-state index is 0.154. The van der Waals surface area contributed by atoms with Crippen LogP contribution in [-0.4, -0.2) is 36.4 Å². The molecule has 134 valence electrons. The van der Waals surface area contributed by atoms with E-state index in [9.17, 15) is 14.7 Å². The molecule has 7 nitrogen and oxygen atoms in total. The molecule has 1 aromatic carbocycles. The van der Waals surface area contributed by atoms with E-state index >= 15 is 0 Å². The number of nitrogens with zero attached hydrogens (tertiary/aromatic N) is 4. The molecule has 0 aliphatic carbocycles. The second kappa shape index (κ2) is 6.28. The molecule has 0 fully saturated rings. The largest absolute Gasteiger partial charge is 0.480 e. The lowest BCUT2D eigenvalue weighted by atomic mass is 9.99. The number of fused-ring (bicyclic) bond motifs is 2. The third-order valence-corrected chi connectivity index (χ3v) is 5.80. The Hall–Kier alpha value is -2.61. The highest BCUT2D eigenvalue weighted by Gasteiger charge is 2.33. The van der Waals surface area contributed by atoms with Gasteiger partial charge in [-0.05, 0) is 29.2 Å². The molecule has 0 spiro atoms. The van der Waals surface area contributed by atoms with E-state index in [-0.39, 0.29) is 11.5 Å². The van der Waals surface area contributed by atoms with Gasteiger partial charge in [0.05, 0.1) is 17.1 Å². The van der Waals surface area contributed by atoms with Crippen LogP contribution in [-0.2, 0) is 11.3 Å². The summed E-state index contributed by atoms with van der Waals surface area (Å²) >= 11 is 1.44. The van der Waals surface area contributed by atoms with Crippen molar-refractivity contribution in [1.29, 1.82) is 0 Å². The average Bonchev–Trinajstić information content (AvgIpc) is 3.20. The van der Waals surface area contributed by atoms with Crippen LogP contribution in [0.15, 0.2) is 40.2 Å². The maximum Gasteiger partial charge on any atom is 0.327 e. The van der Waals surface area contributed by atoms with Gasteiger partial charge in [-0.1, -0.05) is 31.2 Å². The first-order valence-corrected chi connectivity index (χ1v) is 9.38. The lowest BCUT2D eigenvalue weighted by molar-refractivity contribution is -0.140. The van der Waals surface area contributed by atoms with E-state index in [4.69, 9.17) is 0 Å². The molecule has 26 heavy (non-hydrogen) atoms. The molecule has 4 rings (SSSR count). The Balaban J connectivity index is 1.86. The topological polar surface area (TPSA) is 90.0 Å². The zero-order valence-corrected chi connectivity index (χ0v) is 15.2. The van der Waals surface area contributed by atoms with Crippen LogP contribution in [0, 0.1) is 0 Å². The fourth-order valence-electron chi connectivity index (χ4n) is 3.46. The molecule has 3 aromatic rings. The van der Waals surface area contributed by atoms with Crippen molar-refractivity contribution >= 4 is 28.8 Å². The SMILES string of the molecule is CC(C)c1c(Cn2nnc3ccccc32)cc(=O)n2c1SC[C@H]2C(=O)O. The first-order valence-electron chi connectivity index (χ1n) is 8.39. The Kier molecular flexibility index (Phi) is 4.07. The normalized spacial score (nSPS) is 16.3. The molecule has 1 atom stereocenters. The third kappa shape index (κ3) is 2.61. The molecule has 1 N–H and O–H groups in total. The van der Waals surface area contributed by atoms with Crippen molar-refractivity contribution in [2.75, 3.05) is 5.75 Å². The number of carbonyl (C=O) groups is 1. The number of pyridine rings is 1. The predicted octanol–water partition coefficient (Wildman–Crippen LogP) is 2.50. The molecule has 0 radical (unpaired) electrons. The van der Waals surface area contributed by atoms with Crippen molar-refractivity contribution in [2.45, 2.75) is 37.4 Å². The van der Waals surface area contributed by atoms with Crippen LogP contribution in [0.4, 0.5) is 0 Å². The third-order valence-electron chi connectivity index (χ3n) is 4.62. The van der Waals surface area contributed by atoms with Crippen LogP contribution in [0.5, 0.6) is 0 Å². The van der Waals surface area contributed by atoms with Gasteiger partial charge in [0.25, 0.3) is 5.56 Å². The Labute approximate surface area is 153 Å². The van der Waals surface area contributed by atoms with Gasteiger partial charge in [-0.3, -0.25) is 9.36 Å². The molecule has 1 aliphatic heterocycles. The number of rotatable bonds is 4. The smallest absolute Gasteiger partial charge is 0.327 e. The van der Waals surface area contributed by atoms with E-state index < -0.39 is 12.0 Å². The number of aromatic nitrogens is 4. The molecule has 0 saturated carbocycles. The van der Waals surface area contributed by atoms with Crippen molar-refractivity contribution in [3.05, 3.63) is 51.8 Å². The second-order valence-electron chi connectivity index (χ2n) is 6.65. The van der Waals surface area contributed by atoms with Crippen molar-refractivity contribution < 1.29 is 9.90 Å². The summed E-state index contributed by atoms with van der Waals surface area (Å²) in [5, 5.41) is 18.6. The zero-order chi connectivity index (χ0) is 18.4. The van der Waals surface area contributed by atoms with Crippen molar-refractivity contribution in [1.82, 2.24) is 19.6 Å². The van der Waals surface area contributed by atoms with Gasteiger partial charge in [0, 0.05) is 11.8 Å². The zero-order valence-electron chi connectivity index (χ0n) is 14.4. The number of thioether (sulfide) groups is 1. The summed E-state index contributed by atoms with van der Waals surface area (Å²) in [6.45, 7) is 4.53. The Morgan fingerprint density at radius 1 is 1.38 bits per heavy atom. The molecule has 1 aliphatic rings. The molecule has 2 aromatic heterocycles. The highest BCUT2D eigenvalue weighted by atomic mass is 32.2. The van der Waals surface area contributed by atoms with Gasteiger partial charge >= 0.3 is 5.97 Å². The van der Waals surface area contributed by atoms with E-state index in [0.29, 0.717) is 12.3 Å². The second-order valence-corrected chi connectivity index (χ2v) is 7.66. The Bertz CT molecular complexity index is 1070. The quantitative estimate of drug-likeness (QED) is 0.759. The number of para-hydroxylation sites is 1. The first-order chi connectivity index (χ1) is 12.5. The van der Waals surface area contributed by atoms with Crippen LogP contribution >= 0.6 is 11.8 Å². The van der Waals surface area contributed by atoms with Crippen molar-refractivity contribution in [2.24, 2.45) is 0 Å². The maximum absolute atomic E-state index is 12.7. The molecule has 8 heteroatoms. The number of hydrogen-bond acceptors (Lipinski definition) is 5. The molecule has 0 amide bonds. The summed E-state index contributed by atoms with van der Waals surface area (Å²) in [5.74, 6) is -0.440. The van der Waals surface area contributed by atoms with Gasteiger partial charge in [-0.15, -0.1) is 16.9 Å². The van der Waals surface area contributed by atoms with E-state index in [1.165, 1.54) is 16.3 Å². The van der Waals surface area contributed by atoms with Crippen LogP contribution in [0.25, 0.3) is 11.0 Å². The highest BCUT2D eigenvalue weighted by Crippen LogP contribution is 2.39. The number of hydrogen-bond donors (Lipinski definition) is 1. The Morgan fingerprint density at radius 3 is 2.88 bits per heavy atom. The number of benzene rings is 1. The maximum atomic E-state index is 12.7. The molecular weight excluding hydrogens is 352 g/mol. The number of carboxylic acids is 1. The summed E-state index contributed by atoms with van der Waals surface area (Å²) in [6.07, 6.45) is 0. The van der Waals surface area contributed by atoms with Gasteiger partial charge in [0.2, 0.25) is 0 Å². The van der Waals surface area contributed by atoms with Gasteiger partial charge < -0.3 is 5.11 Å². The van der Waals surface area contributed by atoms with Crippen LogP contribution in [0.2, 0.25) is 0 Å². The summed E-state index contributed by atoms with van der Waals surface area (Å²) in [6, 6.07) is 8.42. The van der Waals surface area contributed by atoms with Crippen molar-refractivity contribution in [3.8, 4) is 0 Å². The molecular formula is C18H18N4O3S. The number of aliphatic carboxylic acids is 1. The monoisotopic (exact) mass is 370 g/mol. The Morgan fingerprint density at radius 2 is 2.15 bits per heavy atom. The van der Waals surface area contributed by atoms with Crippen molar-refractivity contribution in [3.63, 3.8) is 0 Å². The standard InChI is InChI=1S/C18H18N4O3S/c1-10(2)16-11(8-21-13-6-4-3-5-12(13)19-20-21)7-15(23)22-14(18(24)25)9-26-17(16)22/h3-7,10,14H,8-9H2,1-2H3,(H,24,25)/t14-/m0/s1. The molecule has 3 heterocycles. The van der Waals surface area contributed by atoms with E-state index in [0.717, 1.165) is 27.2 Å². The van der Waals surface area contributed by atoms with Gasteiger partial charge in [-0.2, -0.15) is 0 Å².